The van der Waals surface area contributed by atoms with E-state index in [0.717, 1.165) is 23.3 Å². The van der Waals surface area contributed by atoms with Gasteiger partial charge in [0, 0.05) is 29.7 Å². The summed E-state index contributed by atoms with van der Waals surface area (Å²) in [6.07, 6.45) is 3.30. The van der Waals surface area contributed by atoms with E-state index in [1.165, 1.54) is 0 Å². The number of carbonyl (C=O) groups excluding carboxylic acids is 1. The third kappa shape index (κ3) is 1.31. The maximum absolute atomic E-state index is 12.2. The van der Waals surface area contributed by atoms with E-state index in [9.17, 15) is 9.90 Å². The van der Waals surface area contributed by atoms with Gasteiger partial charge >= 0.3 is 0 Å². The van der Waals surface area contributed by atoms with Crippen LogP contribution in [0.5, 0.6) is 0 Å². The second-order valence-electron chi connectivity index (χ2n) is 6.19. The number of aliphatic hydroxyl groups is 1. The van der Waals surface area contributed by atoms with Crippen LogP contribution >= 0.6 is 0 Å². The van der Waals surface area contributed by atoms with E-state index >= 15 is 0 Å². The Labute approximate surface area is 107 Å². The molecule has 2 aliphatic carbocycles. The van der Waals surface area contributed by atoms with Gasteiger partial charge in [0.25, 0.3) is 0 Å². The zero-order valence-electron chi connectivity index (χ0n) is 11.2. The molecule has 1 saturated carbocycles. The van der Waals surface area contributed by atoms with Crippen molar-refractivity contribution in [3.63, 3.8) is 0 Å². The molecular formula is C15H20O3. The largest absolute Gasteiger partial charge is 0.469 e. The van der Waals surface area contributed by atoms with Crippen molar-refractivity contribution in [1.82, 2.24) is 0 Å². The van der Waals surface area contributed by atoms with Crippen LogP contribution in [0.3, 0.4) is 0 Å². The van der Waals surface area contributed by atoms with E-state index < -0.39 is 6.10 Å². The summed E-state index contributed by atoms with van der Waals surface area (Å²) in [7, 11) is 0. The summed E-state index contributed by atoms with van der Waals surface area (Å²) in [6, 6.07) is 0. The third-order valence-electron chi connectivity index (χ3n) is 5.38. The molecule has 0 saturated heterocycles. The second kappa shape index (κ2) is 3.70. The molecule has 2 aliphatic rings. The molecule has 3 heteroatoms. The summed E-state index contributed by atoms with van der Waals surface area (Å²) in [5.74, 6) is 1.37. The van der Waals surface area contributed by atoms with E-state index in [-0.39, 0.29) is 17.1 Å². The quantitative estimate of drug-likeness (QED) is 0.768. The number of hydrogen-bond donors (Lipinski definition) is 1. The first-order chi connectivity index (χ1) is 8.46. The fourth-order valence-corrected chi connectivity index (χ4v) is 3.86. The predicted octanol–water partition coefficient (Wildman–Crippen LogP) is 2.80. The van der Waals surface area contributed by atoms with Crippen molar-refractivity contribution in [2.75, 3.05) is 0 Å². The Bertz CT molecular complexity index is 502. The number of aryl methyl sites for hydroxylation is 1. The van der Waals surface area contributed by atoms with E-state index in [4.69, 9.17) is 4.42 Å². The van der Waals surface area contributed by atoms with Gasteiger partial charge in [-0.3, -0.25) is 4.79 Å². The minimum Gasteiger partial charge on any atom is -0.469 e. The molecule has 0 aliphatic heterocycles. The van der Waals surface area contributed by atoms with Crippen molar-refractivity contribution in [3.05, 3.63) is 23.2 Å². The van der Waals surface area contributed by atoms with Gasteiger partial charge in [-0.25, -0.2) is 0 Å². The molecule has 0 amide bonds. The lowest BCUT2D eigenvalue weighted by molar-refractivity contribution is -0.145. The van der Waals surface area contributed by atoms with Crippen LogP contribution in [0.25, 0.3) is 0 Å². The number of ketones is 1. The highest BCUT2D eigenvalue weighted by Gasteiger charge is 2.55. The maximum Gasteiger partial charge on any atom is 0.137 e. The average Bonchev–Trinajstić information content (AvgIpc) is 2.70. The fourth-order valence-electron chi connectivity index (χ4n) is 3.86. The van der Waals surface area contributed by atoms with Gasteiger partial charge in [-0.15, -0.1) is 0 Å². The normalized spacial score (nSPS) is 39.3. The van der Waals surface area contributed by atoms with Crippen LogP contribution in [0.2, 0.25) is 0 Å². The van der Waals surface area contributed by atoms with Gasteiger partial charge in [-0.1, -0.05) is 13.8 Å². The molecule has 1 aromatic heterocycles. The molecule has 0 bridgehead atoms. The summed E-state index contributed by atoms with van der Waals surface area (Å²) in [5, 5.41) is 10.8. The molecule has 1 fully saturated rings. The lowest BCUT2D eigenvalue weighted by Crippen LogP contribution is -2.50. The molecule has 1 heterocycles. The molecule has 98 valence electrons. The summed E-state index contributed by atoms with van der Waals surface area (Å²) >= 11 is 0. The first-order valence-electron chi connectivity index (χ1n) is 6.74. The van der Waals surface area contributed by atoms with Gasteiger partial charge in [0.1, 0.15) is 11.5 Å². The molecule has 4 atom stereocenters. The van der Waals surface area contributed by atoms with E-state index in [1.807, 2.05) is 6.92 Å². The van der Waals surface area contributed by atoms with Crippen LogP contribution in [0.15, 0.2) is 10.7 Å². The summed E-state index contributed by atoms with van der Waals surface area (Å²) in [5.41, 5.74) is 1.59. The van der Waals surface area contributed by atoms with Crippen LogP contribution in [0, 0.1) is 24.2 Å². The summed E-state index contributed by atoms with van der Waals surface area (Å²) < 4.78 is 5.52. The van der Waals surface area contributed by atoms with E-state index in [1.54, 1.807) is 6.26 Å². The molecule has 3 nitrogen and oxygen atoms in total. The molecule has 0 unspecified atom stereocenters. The smallest absolute Gasteiger partial charge is 0.137 e. The first kappa shape index (κ1) is 12.0. The number of Topliss-reactive ketones (excluding diaryl/α,β-unsaturated/α-hetero) is 1. The molecule has 1 aromatic rings. The van der Waals surface area contributed by atoms with Gasteiger partial charge in [0.05, 0.1) is 12.4 Å². The van der Waals surface area contributed by atoms with Crippen molar-refractivity contribution < 1.29 is 14.3 Å². The molecule has 3 rings (SSSR count). The Kier molecular flexibility index (Phi) is 2.46. The summed E-state index contributed by atoms with van der Waals surface area (Å²) in [6.45, 7) is 6.19. The number of furan rings is 1. The molecule has 0 radical (unpaired) electrons. The predicted molar refractivity (Wildman–Crippen MR) is 67.1 cm³/mol. The Morgan fingerprint density at radius 3 is 2.94 bits per heavy atom. The first-order valence-corrected chi connectivity index (χ1v) is 6.74. The Morgan fingerprint density at radius 1 is 1.50 bits per heavy atom. The maximum atomic E-state index is 12.2. The summed E-state index contributed by atoms with van der Waals surface area (Å²) in [4.78, 5) is 12.2. The van der Waals surface area contributed by atoms with Crippen molar-refractivity contribution in [3.8, 4) is 0 Å². The van der Waals surface area contributed by atoms with Crippen LogP contribution < -0.4 is 0 Å². The number of fused-ring (bicyclic) bond motifs is 2. The van der Waals surface area contributed by atoms with Gasteiger partial charge in [0.2, 0.25) is 0 Å². The number of carbonyl (C=O) groups is 1. The minimum absolute atomic E-state index is 0.0886. The number of rotatable bonds is 0. The van der Waals surface area contributed by atoms with E-state index in [0.29, 0.717) is 18.8 Å². The van der Waals surface area contributed by atoms with Crippen molar-refractivity contribution in [2.45, 2.75) is 46.1 Å². The van der Waals surface area contributed by atoms with Gasteiger partial charge < -0.3 is 9.52 Å². The van der Waals surface area contributed by atoms with Gasteiger partial charge in [0.15, 0.2) is 0 Å². The highest BCUT2D eigenvalue weighted by atomic mass is 16.3. The molecule has 1 N–H and O–H groups in total. The second-order valence-corrected chi connectivity index (χ2v) is 6.19. The highest BCUT2D eigenvalue weighted by Crippen LogP contribution is 2.56. The third-order valence-corrected chi connectivity index (χ3v) is 5.38. The Hall–Kier alpha value is -1.09. The van der Waals surface area contributed by atoms with Crippen molar-refractivity contribution in [1.29, 1.82) is 0 Å². The molecule has 0 aromatic carbocycles. The molecule has 18 heavy (non-hydrogen) atoms. The van der Waals surface area contributed by atoms with Gasteiger partial charge in [-0.2, -0.15) is 0 Å². The SMILES string of the molecule is Cc1coc2c1[C@@H](O)[C@@]1(C)[C@H](C2)C(=O)CC[C@@H]1C. The van der Waals surface area contributed by atoms with Crippen molar-refractivity contribution >= 4 is 5.78 Å². The zero-order chi connectivity index (χ0) is 13.1. The van der Waals surface area contributed by atoms with Crippen LogP contribution in [0.4, 0.5) is 0 Å². The molecular weight excluding hydrogens is 228 g/mol. The number of aliphatic hydroxyl groups excluding tert-OH is 1. The number of hydrogen-bond acceptors (Lipinski definition) is 3. The van der Waals surface area contributed by atoms with E-state index in [2.05, 4.69) is 13.8 Å². The zero-order valence-corrected chi connectivity index (χ0v) is 11.2. The lowest BCUT2D eigenvalue weighted by atomic mass is 9.54. The van der Waals surface area contributed by atoms with Crippen LogP contribution in [-0.4, -0.2) is 10.9 Å². The topological polar surface area (TPSA) is 50.4 Å². The van der Waals surface area contributed by atoms with Crippen LogP contribution in [0.1, 0.15) is 49.7 Å². The van der Waals surface area contributed by atoms with Gasteiger partial charge in [-0.05, 0) is 24.8 Å². The molecule has 0 spiro atoms. The van der Waals surface area contributed by atoms with Crippen LogP contribution in [-0.2, 0) is 11.2 Å². The Balaban J connectivity index is 2.15. The highest BCUT2D eigenvalue weighted by molar-refractivity contribution is 5.83. The van der Waals surface area contributed by atoms with Crippen molar-refractivity contribution in [2.24, 2.45) is 17.3 Å². The standard InChI is InChI=1S/C15H20O3/c1-8-7-18-12-6-10-11(16)5-4-9(2)15(10,3)14(17)13(8)12/h7,9-10,14,17H,4-6H2,1-3H3/t9-,10+,14+,15+/m0/s1. The fraction of sp³-hybridized carbons (Fsp3) is 0.667. The monoisotopic (exact) mass is 248 g/mol. The minimum atomic E-state index is -0.579. The Morgan fingerprint density at radius 2 is 2.22 bits per heavy atom. The average molecular weight is 248 g/mol. The lowest BCUT2D eigenvalue weighted by Gasteiger charge is -2.50.